The Morgan fingerprint density at radius 2 is 2.38 bits per heavy atom. The highest BCUT2D eigenvalue weighted by Gasteiger charge is 2.41. The van der Waals surface area contributed by atoms with Crippen molar-refractivity contribution in [2.75, 3.05) is 26.9 Å². The van der Waals surface area contributed by atoms with Crippen molar-refractivity contribution >= 4 is 11.3 Å². The van der Waals surface area contributed by atoms with E-state index in [-0.39, 0.29) is 5.54 Å². The summed E-state index contributed by atoms with van der Waals surface area (Å²) in [5, 5.41) is 5.03. The van der Waals surface area contributed by atoms with Gasteiger partial charge < -0.3 is 14.8 Å². The standard InChI is InChI=1S/C16H26N2O2S/c1-3-12-11-16(7-9-20-12,17-8-10-19-2)15-18-13-5-4-6-14(13)21-15/h12,17H,3-11H2,1-2H3. The monoisotopic (exact) mass is 310 g/mol. The third-order valence-electron chi connectivity index (χ3n) is 4.69. The van der Waals surface area contributed by atoms with Gasteiger partial charge in [0, 0.05) is 25.1 Å². The van der Waals surface area contributed by atoms with Gasteiger partial charge in [0.2, 0.25) is 0 Å². The number of aryl methyl sites for hydroxylation is 2. The molecule has 118 valence electrons. The Hall–Kier alpha value is -0.490. The summed E-state index contributed by atoms with van der Waals surface area (Å²) < 4.78 is 11.1. The van der Waals surface area contributed by atoms with Crippen molar-refractivity contribution in [2.24, 2.45) is 0 Å². The van der Waals surface area contributed by atoms with Gasteiger partial charge in [0.15, 0.2) is 0 Å². The van der Waals surface area contributed by atoms with E-state index < -0.39 is 0 Å². The Morgan fingerprint density at radius 3 is 3.14 bits per heavy atom. The van der Waals surface area contributed by atoms with Crippen LogP contribution < -0.4 is 5.32 Å². The van der Waals surface area contributed by atoms with Gasteiger partial charge in [0.05, 0.1) is 23.9 Å². The lowest BCUT2D eigenvalue weighted by molar-refractivity contribution is -0.0336. The van der Waals surface area contributed by atoms with Crippen molar-refractivity contribution in [2.45, 2.75) is 57.1 Å². The second kappa shape index (κ2) is 6.73. The molecule has 0 radical (unpaired) electrons. The van der Waals surface area contributed by atoms with E-state index in [0.717, 1.165) is 45.4 Å². The SMILES string of the molecule is CCC1CC(NCCOC)(c2nc3c(s2)CCC3)CCO1. The highest BCUT2D eigenvalue weighted by atomic mass is 32.1. The zero-order chi connectivity index (χ0) is 14.7. The van der Waals surface area contributed by atoms with Gasteiger partial charge in [-0.25, -0.2) is 4.98 Å². The molecule has 2 aliphatic rings. The summed E-state index contributed by atoms with van der Waals surface area (Å²) in [6.07, 6.45) is 7.10. The average molecular weight is 310 g/mol. The van der Waals surface area contributed by atoms with E-state index in [9.17, 15) is 0 Å². The number of nitrogens with one attached hydrogen (secondary N) is 1. The van der Waals surface area contributed by atoms with Gasteiger partial charge in [-0.05, 0) is 38.5 Å². The molecule has 3 rings (SSSR count). The first-order valence-corrected chi connectivity index (χ1v) is 8.93. The van der Waals surface area contributed by atoms with Crippen LogP contribution in [0.25, 0.3) is 0 Å². The quantitative estimate of drug-likeness (QED) is 0.820. The van der Waals surface area contributed by atoms with Gasteiger partial charge in [-0.15, -0.1) is 11.3 Å². The molecule has 5 heteroatoms. The molecule has 21 heavy (non-hydrogen) atoms. The molecule has 0 saturated carbocycles. The minimum atomic E-state index is -0.00748. The highest BCUT2D eigenvalue weighted by molar-refractivity contribution is 7.12. The van der Waals surface area contributed by atoms with Crippen LogP contribution in [0.3, 0.4) is 0 Å². The lowest BCUT2D eigenvalue weighted by Crippen LogP contribution is -2.50. The van der Waals surface area contributed by atoms with E-state index in [2.05, 4.69) is 12.2 Å². The number of rotatable bonds is 6. The fraction of sp³-hybridized carbons (Fsp3) is 0.812. The predicted molar refractivity (Wildman–Crippen MR) is 85.0 cm³/mol. The molecular weight excluding hydrogens is 284 g/mol. The van der Waals surface area contributed by atoms with Crippen LogP contribution in [0.1, 0.15) is 48.2 Å². The smallest absolute Gasteiger partial charge is 0.113 e. The van der Waals surface area contributed by atoms with Crippen molar-refractivity contribution < 1.29 is 9.47 Å². The van der Waals surface area contributed by atoms with Crippen LogP contribution in [-0.2, 0) is 27.9 Å². The zero-order valence-electron chi connectivity index (χ0n) is 13.1. The third-order valence-corrected chi connectivity index (χ3v) is 6.05. The van der Waals surface area contributed by atoms with Crippen LogP contribution in [0.15, 0.2) is 0 Å². The highest BCUT2D eigenvalue weighted by Crippen LogP contribution is 2.40. The summed E-state index contributed by atoms with van der Waals surface area (Å²) in [6, 6.07) is 0. The van der Waals surface area contributed by atoms with E-state index in [1.54, 1.807) is 7.11 Å². The average Bonchev–Trinajstić information content (AvgIpc) is 3.09. The summed E-state index contributed by atoms with van der Waals surface area (Å²) in [5.41, 5.74) is 1.34. The Balaban J connectivity index is 1.83. The Bertz CT molecular complexity index is 455. The lowest BCUT2D eigenvalue weighted by Gasteiger charge is -2.40. The Kier molecular flexibility index (Phi) is 4.94. The number of aromatic nitrogens is 1. The number of fused-ring (bicyclic) bond motifs is 1. The first-order valence-electron chi connectivity index (χ1n) is 8.12. The maximum Gasteiger partial charge on any atom is 0.113 e. The van der Waals surface area contributed by atoms with Gasteiger partial charge in [-0.2, -0.15) is 0 Å². The number of ether oxygens (including phenoxy) is 2. The van der Waals surface area contributed by atoms with E-state index in [1.807, 2.05) is 11.3 Å². The van der Waals surface area contributed by atoms with Crippen molar-refractivity contribution in [3.8, 4) is 0 Å². The Labute approximate surface area is 131 Å². The number of nitrogens with zero attached hydrogens (tertiary/aromatic N) is 1. The van der Waals surface area contributed by atoms with E-state index >= 15 is 0 Å². The molecule has 1 aromatic heterocycles. The topological polar surface area (TPSA) is 43.4 Å². The van der Waals surface area contributed by atoms with E-state index in [4.69, 9.17) is 14.5 Å². The number of methoxy groups -OCH3 is 1. The fourth-order valence-corrected chi connectivity index (χ4v) is 4.78. The zero-order valence-corrected chi connectivity index (χ0v) is 13.9. The molecular formula is C16H26N2O2S. The van der Waals surface area contributed by atoms with Crippen molar-refractivity contribution in [1.82, 2.24) is 10.3 Å². The minimum Gasteiger partial charge on any atom is -0.383 e. The molecule has 0 aromatic carbocycles. The molecule has 1 aliphatic heterocycles. The first kappa shape index (κ1) is 15.4. The fourth-order valence-electron chi connectivity index (χ4n) is 3.43. The van der Waals surface area contributed by atoms with Crippen molar-refractivity contribution in [3.63, 3.8) is 0 Å². The normalized spacial score (nSPS) is 28.8. The summed E-state index contributed by atoms with van der Waals surface area (Å²) >= 11 is 1.93. The molecule has 1 aliphatic carbocycles. The van der Waals surface area contributed by atoms with Crippen LogP contribution in [0.2, 0.25) is 0 Å². The molecule has 1 N–H and O–H groups in total. The second-order valence-electron chi connectivity index (χ2n) is 6.10. The van der Waals surface area contributed by atoms with Crippen LogP contribution in [0.5, 0.6) is 0 Å². The molecule has 2 unspecified atom stereocenters. The first-order chi connectivity index (χ1) is 10.3. The molecule has 2 heterocycles. The maximum absolute atomic E-state index is 5.89. The number of hydrogen-bond donors (Lipinski definition) is 1. The molecule has 2 atom stereocenters. The molecule has 1 fully saturated rings. The molecule has 0 bridgehead atoms. The molecule has 1 saturated heterocycles. The van der Waals surface area contributed by atoms with E-state index in [1.165, 1.54) is 28.4 Å². The van der Waals surface area contributed by atoms with Gasteiger partial charge in [0.1, 0.15) is 5.01 Å². The van der Waals surface area contributed by atoms with E-state index in [0.29, 0.717) is 6.10 Å². The second-order valence-corrected chi connectivity index (χ2v) is 7.18. The van der Waals surface area contributed by atoms with Gasteiger partial charge in [-0.1, -0.05) is 6.92 Å². The lowest BCUT2D eigenvalue weighted by atomic mass is 9.86. The summed E-state index contributed by atoms with van der Waals surface area (Å²) in [4.78, 5) is 6.51. The third kappa shape index (κ3) is 3.16. The van der Waals surface area contributed by atoms with Crippen LogP contribution >= 0.6 is 11.3 Å². The molecule has 1 aromatic rings. The van der Waals surface area contributed by atoms with Gasteiger partial charge >= 0.3 is 0 Å². The molecule has 0 spiro atoms. The summed E-state index contributed by atoms with van der Waals surface area (Å²) in [6.45, 7) is 4.64. The number of thiazole rings is 1. The largest absolute Gasteiger partial charge is 0.383 e. The van der Waals surface area contributed by atoms with Gasteiger partial charge in [-0.3, -0.25) is 0 Å². The Morgan fingerprint density at radius 1 is 1.48 bits per heavy atom. The molecule has 4 nitrogen and oxygen atoms in total. The summed E-state index contributed by atoms with van der Waals surface area (Å²) in [5.74, 6) is 0. The maximum atomic E-state index is 5.89. The van der Waals surface area contributed by atoms with Crippen LogP contribution in [-0.4, -0.2) is 38.0 Å². The van der Waals surface area contributed by atoms with Crippen molar-refractivity contribution in [1.29, 1.82) is 0 Å². The number of hydrogen-bond acceptors (Lipinski definition) is 5. The minimum absolute atomic E-state index is 0.00748. The van der Waals surface area contributed by atoms with Crippen LogP contribution in [0, 0.1) is 0 Å². The predicted octanol–water partition coefficient (Wildman–Crippen LogP) is 2.65. The summed E-state index contributed by atoms with van der Waals surface area (Å²) in [7, 11) is 1.76. The molecule has 0 amide bonds. The van der Waals surface area contributed by atoms with Gasteiger partial charge in [0.25, 0.3) is 0 Å². The van der Waals surface area contributed by atoms with Crippen molar-refractivity contribution in [3.05, 3.63) is 15.6 Å². The van der Waals surface area contributed by atoms with Crippen LogP contribution in [0.4, 0.5) is 0 Å².